The lowest BCUT2D eigenvalue weighted by atomic mass is 10.1. The minimum Gasteiger partial charge on any atom is -0.472 e. The molecule has 2 aromatic heterocycles. The molecule has 1 saturated heterocycles. The highest BCUT2D eigenvalue weighted by Gasteiger charge is 2.29. The molecule has 0 N–H and O–H groups in total. The minimum atomic E-state index is 0.289. The summed E-state index contributed by atoms with van der Waals surface area (Å²) in [5.74, 6) is 2.00. The van der Waals surface area contributed by atoms with Gasteiger partial charge in [-0.05, 0) is 31.7 Å². The molecule has 1 aliphatic heterocycles. The van der Waals surface area contributed by atoms with E-state index in [1.54, 1.807) is 6.26 Å². The standard InChI is InChI=1S/C16H21N3O3/c1-2-13(1)16-17-15(22-18-16)11-21-14-3-6-19(7-4-14)9-12-5-8-20-10-12/h5,8,10,13-14H,1-4,6-7,9,11H2. The largest absolute Gasteiger partial charge is 0.472 e. The summed E-state index contributed by atoms with van der Waals surface area (Å²) < 4.78 is 16.3. The monoisotopic (exact) mass is 303 g/mol. The Balaban J connectivity index is 1.20. The van der Waals surface area contributed by atoms with E-state index < -0.39 is 0 Å². The normalized spacial score (nSPS) is 20.5. The summed E-state index contributed by atoms with van der Waals surface area (Å²) in [5.41, 5.74) is 1.23. The molecule has 0 radical (unpaired) electrons. The zero-order valence-corrected chi connectivity index (χ0v) is 12.6. The van der Waals surface area contributed by atoms with Crippen molar-refractivity contribution >= 4 is 0 Å². The Bertz CT molecular complexity index is 584. The molecule has 2 aromatic rings. The lowest BCUT2D eigenvalue weighted by Gasteiger charge is -2.31. The second-order valence-corrected chi connectivity index (χ2v) is 6.24. The quantitative estimate of drug-likeness (QED) is 0.817. The predicted octanol–water partition coefficient (Wildman–Crippen LogP) is 2.72. The van der Waals surface area contributed by atoms with Gasteiger partial charge in [0.25, 0.3) is 5.89 Å². The maximum atomic E-state index is 5.92. The van der Waals surface area contributed by atoms with Gasteiger partial charge >= 0.3 is 0 Å². The third-order valence-electron chi connectivity index (χ3n) is 4.39. The Morgan fingerprint density at radius 2 is 2.09 bits per heavy atom. The van der Waals surface area contributed by atoms with E-state index in [-0.39, 0.29) is 6.10 Å². The Morgan fingerprint density at radius 3 is 2.82 bits per heavy atom. The van der Waals surface area contributed by atoms with Crippen LogP contribution in [-0.4, -0.2) is 34.2 Å². The average Bonchev–Trinajstić information content (AvgIpc) is 3.07. The van der Waals surface area contributed by atoms with Crippen LogP contribution in [0.1, 0.15) is 48.9 Å². The first-order valence-electron chi connectivity index (χ1n) is 8.04. The Labute approximate surface area is 129 Å². The SMILES string of the molecule is c1cc(CN2CCC(OCc3nc(C4CC4)no3)CC2)co1. The fourth-order valence-electron chi connectivity index (χ4n) is 2.90. The van der Waals surface area contributed by atoms with Crippen LogP contribution in [0.5, 0.6) is 0 Å². The number of aromatic nitrogens is 2. The summed E-state index contributed by atoms with van der Waals surface area (Å²) in [6.07, 6.45) is 8.30. The molecule has 1 aliphatic carbocycles. The summed E-state index contributed by atoms with van der Waals surface area (Å²) in [6.45, 7) is 3.49. The number of hydrogen-bond acceptors (Lipinski definition) is 6. The number of hydrogen-bond donors (Lipinski definition) is 0. The van der Waals surface area contributed by atoms with Gasteiger partial charge in [0.1, 0.15) is 6.61 Å². The summed E-state index contributed by atoms with van der Waals surface area (Å²) in [4.78, 5) is 6.83. The third-order valence-corrected chi connectivity index (χ3v) is 4.39. The van der Waals surface area contributed by atoms with Crippen LogP contribution in [0.2, 0.25) is 0 Å². The third kappa shape index (κ3) is 3.39. The van der Waals surface area contributed by atoms with Gasteiger partial charge in [0, 0.05) is 31.1 Å². The zero-order valence-electron chi connectivity index (χ0n) is 12.6. The summed E-state index contributed by atoms with van der Waals surface area (Å²) in [5, 5.41) is 4.01. The van der Waals surface area contributed by atoms with Crippen molar-refractivity contribution in [2.45, 2.75) is 50.9 Å². The van der Waals surface area contributed by atoms with Gasteiger partial charge in [-0.3, -0.25) is 4.90 Å². The van der Waals surface area contributed by atoms with Crippen molar-refractivity contribution in [2.24, 2.45) is 0 Å². The van der Waals surface area contributed by atoms with Crippen molar-refractivity contribution in [1.29, 1.82) is 0 Å². The summed E-state index contributed by atoms with van der Waals surface area (Å²) in [7, 11) is 0. The Kier molecular flexibility index (Phi) is 3.95. The topological polar surface area (TPSA) is 64.5 Å². The van der Waals surface area contributed by atoms with Crippen LogP contribution >= 0.6 is 0 Å². The molecule has 0 unspecified atom stereocenters. The molecule has 6 nitrogen and oxygen atoms in total. The molecule has 2 aliphatic rings. The van der Waals surface area contributed by atoms with E-state index in [9.17, 15) is 0 Å². The first-order chi connectivity index (χ1) is 10.9. The van der Waals surface area contributed by atoms with Crippen LogP contribution in [0.15, 0.2) is 27.5 Å². The summed E-state index contributed by atoms with van der Waals surface area (Å²) >= 11 is 0. The highest BCUT2D eigenvalue weighted by atomic mass is 16.5. The van der Waals surface area contributed by atoms with Crippen molar-refractivity contribution in [2.75, 3.05) is 13.1 Å². The molecule has 3 heterocycles. The van der Waals surface area contributed by atoms with E-state index in [2.05, 4.69) is 15.0 Å². The van der Waals surface area contributed by atoms with Crippen LogP contribution in [-0.2, 0) is 17.9 Å². The smallest absolute Gasteiger partial charge is 0.252 e. The van der Waals surface area contributed by atoms with E-state index in [1.165, 1.54) is 18.4 Å². The second-order valence-electron chi connectivity index (χ2n) is 6.24. The van der Waals surface area contributed by atoms with Gasteiger partial charge in [-0.1, -0.05) is 5.16 Å². The molecular weight excluding hydrogens is 282 g/mol. The molecule has 0 aromatic carbocycles. The van der Waals surface area contributed by atoms with Gasteiger partial charge in [0.15, 0.2) is 5.82 Å². The molecule has 1 saturated carbocycles. The maximum Gasteiger partial charge on any atom is 0.252 e. The first kappa shape index (κ1) is 14.0. The van der Waals surface area contributed by atoms with E-state index >= 15 is 0 Å². The van der Waals surface area contributed by atoms with Crippen molar-refractivity contribution in [3.8, 4) is 0 Å². The van der Waals surface area contributed by atoms with Crippen molar-refractivity contribution in [3.63, 3.8) is 0 Å². The van der Waals surface area contributed by atoms with Crippen LogP contribution in [0.25, 0.3) is 0 Å². The highest BCUT2D eigenvalue weighted by molar-refractivity contribution is 5.05. The molecule has 0 bridgehead atoms. The van der Waals surface area contributed by atoms with Crippen LogP contribution in [0, 0.1) is 0 Å². The van der Waals surface area contributed by atoms with Gasteiger partial charge in [0.05, 0.1) is 18.6 Å². The molecule has 0 atom stereocenters. The van der Waals surface area contributed by atoms with Crippen molar-refractivity contribution < 1.29 is 13.7 Å². The van der Waals surface area contributed by atoms with E-state index in [0.717, 1.165) is 38.3 Å². The fourth-order valence-corrected chi connectivity index (χ4v) is 2.90. The molecule has 4 rings (SSSR count). The number of nitrogens with zero attached hydrogens (tertiary/aromatic N) is 3. The Hall–Kier alpha value is -1.66. The summed E-state index contributed by atoms with van der Waals surface area (Å²) in [6, 6.07) is 2.02. The van der Waals surface area contributed by atoms with Crippen molar-refractivity contribution in [1.82, 2.24) is 15.0 Å². The number of ether oxygens (including phenoxy) is 1. The molecule has 118 valence electrons. The maximum absolute atomic E-state index is 5.92. The van der Waals surface area contributed by atoms with E-state index in [4.69, 9.17) is 13.7 Å². The number of furan rings is 1. The van der Waals surface area contributed by atoms with Crippen LogP contribution in [0.4, 0.5) is 0 Å². The van der Waals surface area contributed by atoms with Gasteiger partial charge in [-0.2, -0.15) is 4.98 Å². The fraction of sp³-hybridized carbons (Fsp3) is 0.625. The molecule has 2 fully saturated rings. The average molecular weight is 303 g/mol. The van der Waals surface area contributed by atoms with Gasteiger partial charge in [0.2, 0.25) is 0 Å². The number of piperidine rings is 1. The van der Waals surface area contributed by atoms with Gasteiger partial charge in [-0.25, -0.2) is 0 Å². The van der Waals surface area contributed by atoms with Crippen LogP contribution < -0.4 is 0 Å². The van der Waals surface area contributed by atoms with Gasteiger partial charge in [-0.15, -0.1) is 0 Å². The van der Waals surface area contributed by atoms with Crippen LogP contribution in [0.3, 0.4) is 0 Å². The molecular formula is C16H21N3O3. The minimum absolute atomic E-state index is 0.289. The molecule has 0 amide bonds. The zero-order chi connectivity index (χ0) is 14.8. The van der Waals surface area contributed by atoms with E-state index in [1.807, 2.05) is 12.3 Å². The van der Waals surface area contributed by atoms with Gasteiger partial charge < -0.3 is 13.7 Å². The molecule has 6 heteroatoms. The lowest BCUT2D eigenvalue weighted by Crippen LogP contribution is -2.36. The van der Waals surface area contributed by atoms with E-state index in [0.29, 0.717) is 18.4 Å². The number of rotatable bonds is 6. The predicted molar refractivity (Wildman–Crippen MR) is 78.1 cm³/mol. The second kappa shape index (κ2) is 6.22. The van der Waals surface area contributed by atoms with Crippen molar-refractivity contribution in [3.05, 3.63) is 35.9 Å². The highest BCUT2D eigenvalue weighted by Crippen LogP contribution is 2.38. The molecule has 0 spiro atoms. The first-order valence-corrected chi connectivity index (χ1v) is 8.04. The Morgan fingerprint density at radius 1 is 1.23 bits per heavy atom. The molecule has 22 heavy (non-hydrogen) atoms. The number of likely N-dealkylation sites (tertiary alicyclic amines) is 1. The lowest BCUT2D eigenvalue weighted by molar-refractivity contribution is -0.0137.